The number of nitrogens with one attached hydrogen (secondary N) is 1. The Morgan fingerprint density at radius 1 is 1.35 bits per heavy atom. The number of carboxylic acid groups (broad SMARTS) is 1. The van der Waals surface area contributed by atoms with Crippen molar-refractivity contribution in [3.05, 3.63) is 58.0 Å². The predicted octanol–water partition coefficient (Wildman–Crippen LogP) is 0.428. The molecule has 0 saturated carbocycles. The van der Waals surface area contributed by atoms with Crippen molar-refractivity contribution in [2.24, 2.45) is 0 Å². The van der Waals surface area contributed by atoms with Gasteiger partial charge >= 0.3 is 5.97 Å². The molecular formula is C13H12FN3O5S. The van der Waals surface area contributed by atoms with Gasteiger partial charge in [-0.05, 0) is 24.3 Å². The van der Waals surface area contributed by atoms with Crippen LogP contribution < -0.4 is 5.56 Å². The molecule has 0 bridgehead atoms. The van der Waals surface area contributed by atoms with Crippen molar-refractivity contribution in [3.63, 3.8) is 0 Å². The molecule has 122 valence electrons. The number of H-pyrrole nitrogens is 1. The van der Waals surface area contributed by atoms with Crippen LogP contribution in [-0.4, -0.2) is 40.8 Å². The van der Waals surface area contributed by atoms with Crippen LogP contribution in [0.25, 0.3) is 0 Å². The molecule has 0 aliphatic carbocycles. The molecule has 1 aromatic heterocycles. The highest BCUT2D eigenvalue weighted by Crippen LogP contribution is 2.16. The van der Waals surface area contributed by atoms with Gasteiger partial charge in [-0.3, -0.25) is 4.79 Å². The topological polar surface area (TPSA) is 120 Å². The summed E-state index contributed by atoms with van der Waals surface area (Å²) >= 11 is 0. The molecule has 0 aliphatic rings. The van der Waals surface area contributed by atoms with Crippen LogP contribution in [0.15, 0.2) is 40.0 Å². The van der Waals surface area contributed by atoms with Crippen LogP contribution >= 0.6 is 0 Å². The maximum absolute atomic E-state index is 12.9. The van der Waals surface area contributed by atoms with E-state index >= 15 is 0 Å². The molecule has 0 unspecified atom stereocenters. The molecule has 0 radical (unpaired) electrons. The monoisotopic (exact) mass is 341 g/mol. The van der Waals surface area contributed by atoms with Gasteiger partial charge in [0.15, 0.2) is 5.69 Å². The van der Waals surface area contributed by atoms with Gasteiger partial charge in [0.25, 0.3) is 5.56 Å². The van der Waals surface area contributed by atoms with Crippen molar-refractivity contribution >= 4 is 16.0 Å². The summed E-state index contributed by atoms with van der Waals surface area (Å²) < 4.78 is 38.4. The number of hydrogen-bond acceptors (Lipinski definition) is 5. The van der Waals surface area contributed by atoms with Crippen LogP contribution in [0.2, 0.25) is 0 Å². The first kappa shape index (κ1) is 16.8. The summed E-state index contributed by atoms with van der Waals surface area (Å²) in [4.78, 5) is 28.0. The van der Waals surface area contributed by atoms with Crippen molar-refractivity contribution in [2.75, 3.05) is 7.05 Å². The molecule has 1 heterocycles. The fraction of sp³-hybridized carbons (Fsp3) is 0.154. The Hall–Kier alpha value is -2.59. The molecule has 0 amide bonds. The zero-order valence-electron chi connectivity index (χ0n) is 11.9. The Morgan fingerprint density at radius 3 is 2.52 bits per heavy atom. The molecule has 2 rings (SSSR count). The number of aromatic amines is 1. The highest BCUT2D eigenvalue weighted by atomic mass is 32.2. The Morgan fingerprint density at radius 2 is 1.96 bits per heavy atom. The van der Waals surface area contributed by atoms with Gasteiger partial charge in [0.1, 0.15) is 11.6 Å². The highest BCUT2D eigenvalue weighted by Gasteiger charge is 2.22. The number of hydrogen-bond donors (Lipinski definition) is 2. The summed E-state index contributed by atoms with van der Waals surface area (Å²) in [7, 11) is -2.71. The lowest BCUT2D eigenvalue weighted by atomic mass is 10.4. The summed E-state index contributed by atoms with van der Waals surface area (Å²) in [5, 5.41) is 8.85. The molecule has 0 aliphatic heterocycles. The van der Waals surface area contributed by atoms with Gasteiger partial charge in [-0.15, -0.1) is 0 Å². The fourth-order valence-corrected chi connectivity index (χ4v) is 2.91. The first-order valence-electron chi connectivity index (χ1n) is 6.25. The molecular weight excluding hydrogens is 329 g/mol. The number of sulfonamides is 1. The molecule has 1 aromatic carbocycles. The van der Waals surface area contributed by atoms with Crippen molar-refractivity contribution in [3.8, 4) is 0 Å². The minimum Gasteiger partial charge on any atom is -0.477 e. The Kier molecular flexibility index (Phi) is 4.57. The lowest BCUT2D eigenvalue weighted by Gasteiger charge is -2.16. The van der Waals surface area contributed by atoms with Gasteiger partial charge < -0.3 is 10.1 Å². The molecule has 23 heavy (non-hydrogen) atoms. The van der Waals surface area contributed by atoms with E-state index in [4.69, 9.17) is 5.11 Å². The third kappa shape index (κ3) is 3.79. The maximum atomic E-state index is 12.9. The average molecular weight is 341 g/mol. The third-order valence-corrected chi connectivity index (χ3v) is 4.72. The van der Waals surface area contributed by atoms with E-state index in [0.29, 0.717) is 0 Å². The molecule has 2 aromatic rings. The summed E-state index contributed by atoms with van der Waals surface area (Å²) in [5.74, 6) is -2.10. The Labute approximate surface area is 130 Å². The number of rotatable bonds is 5. The van der Waals surface area contributed by atoms with Gasteiger partial charge in [-0.1, -0.05) is 0 Å². The van der Waals surface area contributed by atoms with Crippen LogP contribution in [0.4, 0.5) is 4.39 Å². The largest absolute Gasteiger partial charge is 0.477 e. The summed E-state index contributed by atoms with van der Waals surface area (Å²) in [5.41, 5.74) is -1.20. The third-order valence-electron chi connectivity index (χ3n) is 2.90. The molecule has 8 nitrogen and oxygen atoms in total. The Bertz CT molecular complexity index is 893. The van der Waals surface area contributed by atoms with E-state index in [9.17, 15) is 22.4 Å². The van der Waals surface area contributed by atoms with Crippen LogP contribution in [0.3, 0.4) is 0 Å². The maximum Gasteiger partial charge on any atom is 0.354 e. The second kappa shape index (κ2) is 6.26. The van der Waals surface area contributed by atoms with Crippen LogP contribution in [0, 0.1) is 5.82 Å². The standard InChI is InChI=1S/C13H12FN3O5S/c1-17(23(21,22)9-4-2-8(14)3-5-9)7-11-15-10(13(19)20)6-12(18)16-11/h2-6H,7H2,1H3,(H,19,20)(H,15,16,18). The van der Waals surface area contributed by atoms with Gasteiger partial charge in [-0.2, -0.15) is 4.31 Å². The lowest BCUT2D eigenvalue weighted by Crippen LogP contribution is -2.29. The number of carboxylic acids is 1. The zero-order chi connectivity index (χ0) is 17.2. The average Bonchev–Trinajstić information content (AvgIpc) is 2.46. The normalized spacial score (nSPS) is 11.6. The molecule has 0 spiro atoms. The van der Waals surface area contributed by atoms with Gasteiger partial charge in [0.05, 0.1) is 11.4 Å². The quantitative estimate of drug-likeness (QED) is 0.813. The molecule has 10 heteroatoms. The van der Waals surface area contributed by atoms with Crippen LogP contribution in [-0.2, 0) is 16.6 Å². The van der Waals surface area contributed by atoms with Crippen LogP contribution in [0.1, 0.15) is 16.3 Å². The smallest absolute Gasteiger partial charge is 0.354 e. The van der Waals surface area contributed by atoms with E-state index in [-0.39, 0.29) is 17.3 Å². The summed E-state index contributed by atoms with van der Waals surface area (Å²) in [6, 6.07) is 5.01. The van der Waals surface area contributed by atoms with Gasteiger partial charge in [0, 0.05) is 13.1 Å². The van der Waals surface area contributed by atoms with Crippen molar-refractivity contribution in [2.45, 2.75) is 11.4 Å². The number of aromatic carboxylic acids is 1. The first-order valence-corrected chi connectivity index (χ1v) is 7.69. The molecule has 0 saturated heterocycles. The number of benzene rings is 1. The zero-order valence-corrected chi connectivity index (χ0v) is 12.7. The lowest BCUT2D eigenvalue weighted by molar-refractivity contribution is 0.0689. The van der Waals surface area contributed by atoms with E-state index in [1.165, 1.54) is 7.05 Å². The van der Waals surface area contributed by atoms with Crippen molar-refractivity contribution < 1.29 is 22.7 Å². The fourth-order valence-electron chi connectivity index (χ4n) is 1.77. The van der Waals surface area contributed by atoms with E-state index in [0.717, 1.165) is 34.6 Å². The summed E-state index contributed by atoms with van der Waals surface area (Å²) in [6.07, 6.45) is 0. The number of aromatic nitrogens is 2. The molecule has 2 N–H and O–H groups in total. The number of halogens is 1. The highest BCUT2D eigenvalue weighted by molar-refractivity contribution is 7.89. The van der Waals surface area contributed by atoms with Gasteiger partial charge in [-0.25, -0.2) is 22.6 Å². The van der Waals surface area contributed by atoms with E-state index in [1.807, 2.05) is 0 Å². The number of carbonyl (C=O) groups is 1. The second-order valence-corrected chi connectivity index (χ2v) is 6.64. The second-order valence-electron chi connectivity index (χ2n) is 4.60. The summed E-state index contributed by atoms with van der Waals surface area (Å²) in [6.45, 7) is -0.351. The first-order chi connectivity index (χ1) is 10.7. The van der Waals surface area contributed by atoms with Gasteiger partial charge in [0.2, 0.25) is 10.0 Å². The number of nitrogens with zero attached hydrogens (tertiary/aromatic N) is 2. The molecule has 0 atom stereocenters. The SMILES string of the molecule is CN(Cc1nc(C(=O)O)cc(=O)[nH]1)S(=O)(=O)c1ccc(F)cc1. The Balaban J connectivity index is 2.31. The van der Waals surface area contributed by atoms with E-state index in [1.54, 1.807) is 0 Å². The van der Waals surface area contributed by atoms with E-state index < -0.39 is 33.1 Å². The van der Waals surface area contributed by atoms with Crippen molar-refractivity contribution in [1.29, 1.82) is 0 Å². The van der Waals surface area contributed by atoms with E-state index in [2.05, 4.69) is 9.97 Å². The van der Waals surface area contributed by atoms with Crippen LogP contribution in [0.5, 0.6) is 0 Å². The minimum atomic E-state index is -3.94. The molecule has 0 fully saturated rings. The predicted molar refractivity (Wildman–Crippen MR) is 76.9 cm³/mol. The minimum absolute atomic E-state index is 0.122. The van der Waals surface area contributed by atoms with Crippen molar-refractivity contribution in [1.82, 2.24) is 14.3 Å².